The van der Waals surface area contributed by atoms with Crippen LogP contribution < -0.4 is 16.4 Å². The molecule has 1 aliphatic carbocycles. The average molecular weight is 481 g/mol. The zero-order chi connectivity index (χ0) is 24.7. The second-order valence-corrected chi connectivity index (χ2v) is 9.84. The topological polar surface area (TPSA) is 137 Å². The van der Waals surface area contributed by atoms with E-state index in [9.17, 15) is 19.2 Å². The fourth-order valence-electron chi connectivity index (χ4n) is 4.97. The number of rotatable bonds is 6. The lowest BCUT2D eigenvalue weighted by atomic mass is 9.84. The van der Waals surface area contributed by atoms with E-state index >= 15 is 0 Å². The molecule has 4 N–H and O–H groups in total. The highest BCUT2D eigenvalue weighted by molar-refractivity contribution is 5.92. The van der Waals surface area contributed by atoms with Crippen LogP contribution in [0.25, 0.3) is 0 Å². The fourth-order valence-corrected chi connectivity index (χ4v) is 4.97. The summed E-state index contributed by atoms with van der Waals surface area (Å²) in [5, 5.41) is 5.66. The molecule has 2 heterocycles. The number of nitrogens with zero attached hydrogens (tertiary/aromatic N) is 3. The lowest BCUT2D eigenvalue weighted by Gasteiger charge is -2.43. The van der Waals surface area contributed by atoms with Gasteiger partial charge in [-0.2, -0.15) is 0 Å². The Morgan fingerprint density at radius 2 is 1.62 bits per heavy atom. The molecule has 0 bridgehead atoms. The maximum Gasteiger partial charge on any atom is 0.320 e. The number of hydrogen-bond donors (Lipinski definition) is 3. The second-order valence-electron chi connectivity index (χ2n) is 9.84. The molecule has 2 saturated heterocycles. The molecule has 3 fully saturated rings. The zero-order valence-corrected chi connectivity index (χ0v) is 20.5. The first-order valence-corrected chi connectivity index (χ1v) is 12.5. The number of piperazine rings is 1. The summed E-state index contributed by atoms with van der Waals surface area (Å²) in [4.78, 5) is 56.2. The Hall–Kier alpha value is -2.56. The van der Waals surface area contributed by atoms with Gasteiger partial charge in [0, 0.05) is 32.2 Å². The van der Waals surface area contributed by atoms with Crippen LogP contribution in [0.2, 0.25) is 0 Å². The van der Waals surface area contributed by atoms with E-state index in [0.29, 0.717) is 45.2 Å². The van der Waals surface area contributed by atoms with Crippen LogP contribution in [0.4, 0.5) is 9.59 Å². The van der Waals surface area contributed by atoms with Crippen molar-refractivity contribution in [2.24, 2.45) is 11.7 Å². The van der Waals surface area contributed by atoms with Gasteiger partial charge in [-0.1, -0.05) is 32.1 Å². The van der Waals surface area contributed by atoms with Crippen LogP contribution in [0.1, 0.15) is 52.4 Å². The molecule has 34 heavy (non-hydrogen) atoms. The maximum absolute atomic E-state index is 13.4. The Labute approximate surface area is 201 Å². The fraction of sp³-hybridized carbons (Fsp3) is 0.826. The summed E-state index contributed by atoms with van der Waals surface area (Å²) in [5.41, 5.74) is 5.64. The Kier molecular flexibility index (Phi) is 9.37. The van der Waals surface area contributed by atoms with Gasteiger partial charge < -0.3 is 35.8 Å². The minimum absolute atomic E-state index is 0.0510. The molecule has 3 aliphatic rings. The summed E-state index contributed by atoms with van der Waals surface area (Å²) in [6.07, 6.45) is 5.98. The highest BCUT2D eigenvalue weighted by Gasteiger charge is 2.40. The van der Waals surface area contributed by atoms with Crippen LogP contribution in [0.3, 0.4) is 0 Å². The summed E-state index contributed by atoms with van der Waals surface area (Å²) < 4.78 is 5.34. The molecule has 2 aliphatic heterocycles. The van der Waals surface area contributed by atoms with Crippen LogP contribution in [0.15, 0.2) is 0 Å². The van der Waals surface area contributed by atoms with E-state index in [2.05, 4.69) is 10.6 Å². The van der Waals surface area contributed by atoms with Gasteiger partial charge in [0.25, 0.3) is 0 Å². The van der Waals surface area contributed by atoms with Crippen molar-refractivity contribution in [2.45, 2.75) is 70.5 Å². The van der Waals surface area contributed by atoms with E-state index in [0.717, 1.165) is 25.7 Å². The van der Waals surface area contributed by atoms with Gasteiger partial charge in [-0.25, -0.2) is 9.59 Å². The minimum atomic E-state index is -0.907. The molecule has 0 radical (unpaired) electrons. The van der Waals surface area contributed by atoms with E-state index in [1.54, 1.807) is 9.80 Å². The third kappa shape index (κ3) is 6.97. The Balaban J connectivity index is 1.73. The average Bonchev–Trinajstić information content (AvgIpc) is 2.83. The van der Waals surface area contributed by atoms with Crippen LogP contribution in [-0.4, -0.2) is 103 Å². The van der Waals surface area contributed by atoms with Gasteiger partial charge in [-0.05, 0) is 26.2 Å². The van der Waals surface area contributed by atoms with E-state index in [4.69, 9.17) is 10.5 Å². The number of amides is 6. The maximum atomic E-state index is 13.4. The van der Waals surface area contributed by atoms with Crippen molar-refractivity contribution in [2.75, 3.05) is 45.9 Å². The highest BCUT2D eigenvalue weighted by atomic mass is 16.5. The Morgan fingerprint density at radius 3 is 2.24 bits per heavy atom. The van der Waals surface area contributed by atoms with Gasteiger partial charge in [0.05, 0.1) is 19.8 Å². The number of urea groups is 2. The third-order valence-corrected chi connectivity index (χ3v) is 6.86. The SMILES string of the molecule is CC(C)NC(=O)N1CCN(C(=O)N2CCOCC2)[C@@H](C(=O)N[C@@H](CC2CCCCC2)C(N)=O)C1. The number of morpholine rings is 1. The van der Waals surface area contributed by atoms with Gasteiger partial charge in [0.15, 0.2) is 0 Å². The number of ether oxygens (including phenoxy) is 1. The Morgan fingerprint density at radius 1 is 0.941 bits per heavy atom. The molecule has 0 unspecified atom stereocenters. The van der Waals surface area contributed by atoms with Crippen molar-refractivity contribution >= 4 is 23.9 Å². The first kappa shape index (κ1) is 26.1. The van der Waals surface area contributed by atoms with E-state index < -0.39 is 23.9 Å². The molecule has 11 nitrogen and oxygen atoms in total. The summed E-state index contributed by atoms with van der Waals surface area (Å²) >= 11 is 0. The molecule has 1 saturated carbocycles. The van der Waals surface area contributed by atoms with Crippen LogP contribution in [-0.2, 0) is 14.3 Å². The molecular formula is C23H40N6O5. The molecule has 3 rings (SSSR count). The normalized spacial score (nSPS) is 22.9. The van der Waals surface area contributed by atoms with Crippen LogP contribution >= 0.6 is 0 Å². The monoisotopic (exact) mass is 480 g/mol. The van der Waals surface area contributed by atoms with E-state index in [1.165, 1.54) is 11.3 Å². The van der Waals surface area contributed by atoms with Crippen molar-refractivity contribution in [3.8, 4) is 0 Å². The number of nitrogens with one attached hydrogen (secondary N) is 2. The number of hydrogen-bond acceptors (Lipinski definition) is 5. The zero-order valence-electron chi connectivity index (χ0n) is 20.5. The summed E-state index contributed by atoms with van der Waals surface area (Å²) in [6.45, 7) is 6.12. The number of carbonyl (C=O) groups excluding carboxylic acids is 4. The number of nitrogens with two attached hydrogens (primary N) is 1. The quantitative estimate of drug-likeness (QED) is 0.508. The standard InChI is InChI=1S/C23H40N6O5/c1-16(2)25-22(32)28-8-9-29(23(33)27-10-12-34-13-11-27)19(15-28)21(31)26-18(20(24)30)14-17-6-4-3-5-7-17/h16-19H,3-15H2,1-2H3,(H2,24,30)(H,25,32)(H,26,31)/t18-,19+/m0/s1. The summed E-state index contributed by atoms with van der Waals surface area (Å²) in [7, 11) is 0. The third-order valence-electron chi connectivity index (χ3n) is 6.86. The highest BCUT2D eigenvalue weighted by Crippen LogP contribution is 2.27. The van der Waals surface area contributed by atoms with Gasteiger partial charge in [0.1, 0.15) is 12.1 Å². The summed E-state index contributed by atoms with van der Waals surface area (Å²) in [6, 6.07) is -2.29. The lowest BCUT2D eigenvalue weighted by molar-refractivity contribution is -0.132. The van der Waals surface area contributed by atoms with Gasteiger partial charge in [0.2, 0.25) is 11.8 Å². The van der Waals surface area contributed by atoms with Crippen molar-refractivity contribution in [3.05, 3.63) is 0 Å². The predicted octanol–water partition coefficient (Wildman–Crippen LogP) is 0.483. The van der Waals surface area contributed by atoms with Crippen LogP contribution in [0, 0.1) is 5.92 Å². The van der Waals surface area contributed by atoms with Gasteiger partial charge in [-0.15, -0.1) is 0 Å². The van der Waals surface area contributed by atoms with E-state index in [1.807, 2.05) is 13.8 Å². The smallest absolute Gasteiger partial charge is 0.320 e. The minimum Gasteiger partial charge on any atom is -0.378 e. The first-order valence-electron chi connectivity index (χ1n) is 12.5. The van der Waals surface area contributed by atoms with Crippen LogP contribution in [0.5, 0.6) is 0 Å². The molecule has 0 aromatic rings. The van der Waals surface area contributed by atoms with E-state index in [-0.39, 0.29) is 31.2 Å². The molecule has 11 heteroatoms. The van der Waals surface area contributed by atoms with Gasteiger partial charge in [-0.3, -0.25) is 9.59 Å². The predicted molar refractivity (Wildman–Crippen MR) is 126 cm³/mol. The number of carbonyl (C=O) groups is 4. The van der Waals surface area contributed by atoms with Crippen molar-refractivity contribution < 1.29 is 23.9 Å². The molecule has 6 amide bonds. The van der Waals surface area contributed by atoms with Gasteiger partial charge >= 0.3 is 12.1 Å². The summed E-state index contributed by atoms with van der Waals surface area (Å²) in [5.74, 6) is -0.684. The molecular weight excluding hydrogens is 440 g/mol. The van der Waals surface area contributed by atoms with Crippen molar-refractivity contribution in [1.82, 2.24) is 25.3 Å². The molecule has 2 atom stereocenters. The van der Waals surface area contributed by atoms with Crippen molar-refractivity contribution in [1.29, 1.82) is 0 Å². The number of primary amides is 1. The second kappa shape index (κ2) is 12.2. The molecule has 192 valence electrons. The molecule has 0 aromatic heterocycles. The molecule has 0 aromatic carbocycles. The lowest BCUT2D eigenvalue weighted by Crippen LogP contribution is -2.66. The largest absolute Gasteiger partial charge is 0.378 e. The molecule has 0 spiro atoms. The first-order chi connectivity index (χ1) is 16.3. The Bertz CT molecular complexity index is 735. The van der Waals surface area contributed by atoms with Crippen molar-refractivity contribution in [3.63, 3.8) is 0 Å².